The van der Waals surface area contributed by atoms with Crippen LogP contribution >= 0.6 is 31.7 Å². The molecule has 0 aromatic heterocycles. The van der Waals surface area contributed by atoms with Gasteiger partial charge in [0.25, 0.3) is 0 Å². The van der Waals surface area contributed by atoms with E-state index in [0.29, 0.717) is 0 Å². The molecule has 0 saturated heterocycles. The largest absolute Gasteiger partial charge is 0.0714 e. The summed E-state index contributed by atoms with van der Waals surface area (Å²) in [5.41, 5.74) is 16.0. The summed E-state index contributed by atoms with van der Waals surface area (Å²) in [6.07, 6.45) is 0. The van der Waals surface area contributed by atoms with Crippen LogP contribution in [0, 0.1) is 0 Å². The van der Waals surface area contributed by atoms with Gasteiger partial charge in [0, 0.05) is 0 Å². The average molecular weight is 1360 g/mol. The zero-order valence-electron chi connectivity index (χ0n) is 55.7. The van der Waals surface area contributed by atoms with Gasteiger partial charge in [-0.25, -0.2) is 0 Å². The summed E-state index contributed by atoms with van der Waals surface area (Å²) < 4.78 is 0. The maximum atomic E-state index is 2.56. The number of benzene rings is 16. The first-order valence-corrected chi connectivity index (χ1v) is 40.0. The van der Waals surface area contributed by atoms with Crippen molar-refractivity contribution in [2.24, 2.45) is 0 Å². The molecule has 17 rings (SSSR count). The van der Waals surface area contributed by atoms with E-state index in [2.05, 4.69) is 425 Å². The van der Waals surface area contributed by atoms with Gasteiger partial charge in [-0.2, -0.15) is 0 Å². The highest BCUT2D eigenvalue weighted by molar-refractivity contribution is 7.81. The SMILES string of the molecule is c1ccc(P(c2ccccc2)c2cccc(-c3cc(-c4cccc(P(c5ccccc5)c5ccccc5)c4)cc(C4(c5cc(-c6cccc(P(c7ccccc7)c7ccccc7)c6)cc(-c6cccc(P(c7ccccc7)c7ccccc7)c6)c5)c5ccccc5-c5ccccc54)c3)c2)cc1. The summed E-state index contributed by atoms with van der Waals surface area (Å²) in [6.45, 7) is 0. The van der Waals surface area contributed by atoms with Gasteiger partial charge in [0.1, 0.15) is 0 Å². The molecule has 1 aliphatic rings. The van der Waals surface area contributed by atoms with E-state index in [1.54, 1.807) is 0 Å². The molecular weight excluding hydrogens is 1290 g/mol. The van der Waals surface area contributed by atoms with E-state index >= 15 is 0 Å². The predicted molar refractivity (Wildman–Crippen MR) is 440 cm³/mol. The van der Waals surface area contributed by atoms with Gasteiger partial charge < -0.3 is 0 Å². The highest BCUT2D eigenvalue weighted by atomic mass is 31.1. The van der Waals surface area contributed by atoms with Crippen LogP contribution in [-0.4, -0.2) is 0 Å². The Hall–Kier alpha value is -10.8. The Labute approximate surface area is 599 Å². The summed E-state index contributed by atoms with van der Waals surface area (Å²) in [5, 5.41) is 15.8. The molecule has 0 spiro atoms. The normalized spacial score (nSPS) is 12.2. The van der Waals surface area contributed by atoms with Crippen molar-refractivity contribution in [3.8, 4) is 55.6 Å². The first-order chi connectivity index (χ1) is 50.1. The Balaban J connectivity index is 0.943. The summed E-state index contributed by atoms with van der Waals surface area (Å²) in [5.74, 6) is 0. The van der Waals surface area contributed by atoms with E-state index in [9.17, 15) is 0 Å². The van der Waals surface area contributed by atoms with Crippen LogP contribution in [0.15, 0.2) is 425 Å². The third-order valence-corrected chi connectivity index (χ3v) is 29.2. The second-order valence-electron chi connectivity index (χ2n) is 25.7. The molecule has 4 heteroatoms. The molecule has 16 aromatic carbocycles. The molecule has 1 aliphatic carbocycles. The topological polar surface area (TPSA) is 0 Å². The highest BCUT2D eigenvalue weighted by Gasteiger charge is 2.47. The highest BCUT2D eigenvalue weighted by Crippen LogP contribution is 2.58. The van der Waals surface area contributed by atoms with Crippen LogP contribution < -0.4 is 63.7 Å². The summed E-state index contributed by atoms with van der Waals surface area (Å²) in [7, 11) is -3.63. The Kier molecular flexibility index (Phi) is 18.2. The van der Waals surface area contributed by atoms with E-state index in [-0.39, 0.29) is 0 Å². The van der Waals surface area contributed by atoms with Gasteiger partial charge >= 0.3 is 0 Å². The molecule has 0 radical (unpaired) electrons. The maximum absolute atomic E-state index is 2.56. The van der Waals surface area contributed by atoms with E-state index in [4.69, 9.17) is 0 Å². The summed E-state index contributed by atoms with van der Waals surface area (Å²) in [4.78, 5) is 0. The van der Waals surface area contributed by atoms with E-state index in [1.807, 2.05) is 0 Å². The molecule has 0 bridgehead atoms. The number of rotatable bonds is 18. The van der Waals surface area contributed by atoms with Crippen LogP contribution in [0.3, 0.4) is 0 Å². The second kappa shape index (κ2) is 28.8. The molecule has 101 heavy (non-hydrogen) atoms. The molecule has 0 saturated carbocycles. The van der Waals surface area contributed by atoms with Crippen molar-refractivity contribution in [3.05, 3.63) is 447 Å². The third-order valence-electron chi connectivity index (χ3n) is 19.6. The van der Waals surface area contributed by atoms with Crippen LogP contribution in [0.2, 0.25) is 0 Å². The molecule has 478 valence electrons. The first kappa shape index (κ1) is 63.7. The minimum atomic E-state index is -0.906. The van der Waals surface area contributed by atoms with Crippen molar-refractivity contribution in [1.29, 1.82) is 0 Å². The van der Waals surface area contributed by atoms with Crippen molar-refractivity contribution in [2.75, 3.05) is 0 Å². The lowest BCUT2D eigenvalue weighted by Crippen LogP contribution is -2.29. The van der Waals surface area contributed by atoms with E-state index in [1.165, 1.54) is 119 Å². The lowest BCUT2D eigenvalue weighted by molar-refractivity contribution is 0.770. The lowest BCUT2D eigenvalue weighted by Gasteiger charge is -2.35. The fraction of sp³-hybridized carbons (Fsp3) is 0.0103. The van der Waals surface area contributed by atoms with Gasteiger partial charge in [-0.1, -0.05) is 364 Å². The smallest absolute Gasteiger partial charge is 0.0622 e. The van der Waals surface area contributed by atoms with Crippen LogP contribution in [0.25, 0.3) is 55.6 Å². The van der Waals surface area contributed by atoms with Gasteiger partial charge in [-0.3, -0.25) is 0 Å². The fourth-order valence-electron chi connectivity index (χ4n) is 15.1. The molecule has 0 atom stereocenters. The third kappa shape index (κ3) is 12.7. The maximum Gasteiger partial charge on any atom is 0.0714 e. The van der Waals surface area contributed by atoms with Crippen molar-refractivity contribution < 1.29 is 0 Å². The van der Waals surface area contributed by atoms with Gasteiger partial charge in [0.2, 0.25) is 0 Å². The van der Waals surface area contributed by atoms with Crippen LogP contribution in [-0.2, 0) is 5.41 Å². The van der Waals surface area contributed by atoms with E-state index in [0.717, 1.165) is 22.3 Å². The quantitative estimate of drug-likeness (QED) is 0.0751. The van der Waals surface area contributed by atoms with Gasteiger partial charge in [0.05, 0.1) is 5.41 Å². The van der Waals surface area contributed by atoms with Crippen molar-refractivity contribution in [3.63, 3.8) is 0 Å². The minimum absolute atomic E-state index is 0.837. The fourth-order valence-corrected chi connectivity index (χ4v) is 24.4. The lowest BCUT2D eigenvalue weighted by atomic mass is 9.66. The van der Waals surface area contributed by atoms with Crippen LogP contribution in [0.4, 0.5) is 0 Å². The van der Waals surface area contributed by atoms with Crippen LogP contribution in [0.1, 0.15) is 22.3 Å². The molecular formula is C97H70P4. The second-order valence-corrected chi connectivity index (χ2v) is 34.5. The zero-order chi connectivity index (χ0) is 67.3. The molecule has 0 aliphatic heterocycles. The Bertz CT molecular complexity index is 4740. The number of fused-ring (bicyclic) bond motifs is 3. The zero-order valence-corrected chi connectivity index (χ0v) is 59.3. The monoisotopic (exact) mass is 1360 g/mol. The predicted octanol–water partition coefficient (Wildman–Crippen LogP) is 19.8. The number of hydrogen-bond donors (Lipinski definition) is 0. The van der Waals surface area contributed by atoms with Gasteiger partial charge in [-0.15, -0.1) is 0 Å². The van der Waals surface area contributed by atoms with Crippen molar-refractivity contribution >= 4 is 95.3 Å². The molecule has 0 N–H and O–H groups in total. The summed E-state index contributed by atoms with van der Waals surface area (Å²) >= 11 is 0. The average Bonchev–Trinajstić information content (AvgIpc) is 1.55. The Morgan fingerprint density at radius 1 is 0.139 bits per heavy atom. The first-order valence-electron chi connectivity index (χ1n) is 34.6. The van der Waals surface area contributed by atoms with Crippen LogP contribution in [0.5, 0.6) is 0 Å². The molecule has 0 amide bonds. The minimum Gasteiger partial charge on any atom is -0.0622 e. The molecule has 0 fully saturated rings. The Morgan fingerprint density at radius 3 is 0.545 bits per heavy atom. The van der Waals surface area contributed by atoms with Crippen molar-refractivity contribution in [2.45, 2.75) is 5.41 Å². The molecule has 0 unspecified atom stereocenters. The van der Waals surface area contributed by atoms with E-state index < -0.39 is 37.1 Å². The molecule has 0 nitrogen and oxygen atoms in total. The number of hydrogen-bond acceptors (Lipinski definition) is 0. The standard InChI is InChI=1S/C97H70P4/c1-9-37-81(38-10-1)98(82-39-11-2-12-40-82)89-53-29-33-71(67-89)75-61-76(72-34-30-54-90(68-72)99(83-41-13-3-14-42-83)84-43-15-4-16-44-84)64-79(63-75)97(95-59-27-25-57-93(95)94-58-26-28-60-96(94)97)80-65-77(73-35-31-55-91(69-73)100(85-45-17-5-18-46-85)86-47-19-6-20-48-86)62-78(66-80)74-36-32-56-92(70-74)101(87-49-21-7-22-50-87)88-51-23-8-24-52-88/h1-70H. The van der Waals surface area contributed by atoms with Gasteiger partial charge in [-0.05, 0) is 234 Å². The van der Waals surface area contributed by atoms with Gasteiger partial charge in [0.15, 0.2) is 0 Å². The summed E-state index contributed by atoms with van der Waals surface area (Å²) in [6, 6.07) is 161. The molecule has 0 heterocycles. The Morgan fingerprint density at radius 2 is 0.327 bits per heavy atom. The van der Waals surface area contributed by atoms with Crippen molar-refractivity contribution in [1.82, 2.24) is 0 Å². The molecule has 16 aromatic rings.